The van der Waals surface area contributed by atoms with E-state index in [2.05, 4.69) is 146 Å². The van der Waals surface area contributed by atoms with Crippen molar-refractivity contribution in [3.05, 3.63) is 178 Å². The van der Waals surface area contributed by atoms with Crippen LogP contribution < -0.4 is 4.90 Å². The molecule has 0 fully saturated rings. The standard InChI is InChI=1S/C40H37N/c1-30-12-6-7-17-35(26-30)40(36-18-10-13-31(2)27-36)28-32-14-11-21-38(24-22-32)41(37-19-4-3-5-20-37)39-25-23-33-15-8-9-16-34(33)29-39/h3-6,10-14,17-20,22-28,39H,8-9,15-16,29H2,1-2H3. The van der Waals surface area contributed by atoms with Gasteiger partial charge in [-0.2, -0.15) is 0 Å². The van der Waals surface area contributed by atoms with Crippen LogP contribution in [0, 0.1) is 6.92 Å². The summed E-state index contributed by atoms with van der Waals surface area (Å²) in [5.41, 5.74) is 19.6. The molecule has 2 aromatic rings. The minimum Gasteiger partial charge on any atom is -0.328 e. The highest BCUT2D eigenvalue weighted by molar-refractivity contribution is 5.85. The third kappa shape index (κ3) is 6.29. The molecule has 4 aliphatic carbocycles. The zero-order chi connectivity index (χ0) is 28.0. The van der Waals surface area contributed by atoms with Crippen molar-refractivity contribution in [3.63, 3.8) is 0 Å². The first-order chi connectivity index (χ1) is 20.1. The summed E-state index contributed by atoms with van der Waals surface area (Å²) >= 11 is 0. The van der Waals surface area contributed by atoms with Crippen LogP contribution in [0.1, 0.15) is 50.2 Å². The SMILES string of the molecule is CC1=CC=C=CC(C(=CC2=CC=C=C(N(c3ccccc3)C3C=CC4=C(CCCC4)C3)C=C2)c2cccc(C)c2)=C1. The topological polar surface area (TPSA) is 3.24 Å². The number of rotatable bonds is 6. The third-order valence-electron chi connectivity index (χ3n) is 8.19. The Morgan fingerprint density at radius 1 is 0.902 bits per heavy atom. The molecule has 0 N–H and O–H groups in total. The lowest BCUT2D eigenvalue weighted by molar-refractivity contribution is 0.618. The lowest BCUT2D eigenvalue weighted by Crippen LogP contribution is -2.34. The summed E-state index contributed by atoms with van der Waals surface area (Å²) in [6, 6.07) is 19.8. The summed E-state index contributed by atoms with van der Waals surface area (Å²) in [6.07, 6.45) is 30.4. The molecule has 0 amide bonds. The van der Waals surface area contributed by atoms with Gasteiger partial charge in [0.15, 0.2) is 0 Å². The Morgan fingerprint density at radius 3 is 2.66 bits per heavy atom. The molecule has 41 heavy (non-hydrogen) atoms. The fraction of sp³-hybridized carbons (Fsp3) is 0.200. The Hall–Kier alpha value is -4.54. The molecule has 1 nitrogen and oxygen atoms in total. The summed E-state index contributed by atoms with van der Waals surface area (Å²) in [4.78, 5) is 2.46. The van der Waals surface area contributed by atoms with Gasteiger partial charge in [0.05, 0.1) is 11.7 Å². The van der Waals surface area contributed by atoms with Crippen LogP contribution in [-0.2, 0) is 0 Å². The van der Waals surface area contributed by atoms with Crippen LogP contribution in [-0.4, -0.2) is 6.04 Å². The average Bonchev–Trinajstić information content (AvgIpc) is 3.36. The first kappa shape index (κ1) is 26.7. The number of aryl methyl sites for hydroxylation is 1. The van der Waals surface area contributed by atoms with E-state index in [1.807, 2.05) is 6.08 Å². The molecule has 0 saturated carbocycles. The molecular weight excluding hydrogens is 494 g/mol. The molecule has 0 aromatic heterocycles. The van der Waals surface area contributed by atoms with Crippen molar-refractivity contribution in [2.75, 3.05) is 4.90 Å². The number of allylic oxidation sites excluding steroid dienone is 13. The molecular formula is C40H37N. The summed E-state index contributed by atoms with van der Waals surface area (Å²) in [7, 11) is 0. The van der Waals surface area contributed by atoms with Crippen LogP contribution >= 0.6 is 0 Å². The molecule has 0 bridgehead atoms. The number of hydrogen-bond donors (Lipinski definition) is 0. The Balaban J connectivity index is 1.35. The van der Waals surface area contributed by atoms with E-state index in [1.54, 1.807) is 11.1 Å². The van der Waals surface area contributed by atoms with Crippen molar-refractivity contribution in [1.82, 2.24) is 0 Å². The molecule has 6 rings (SSSR count). The van der Waals surface area contributed by atoms with E-state index in [0.29, 0.717) is 0 Å². The van der Waals surface area contributed by atoms with Crippen molar-refractivity contribution >= 4 is 11.3 Å². The molecule has 0 aliphatic heterocycles. The molecule has 1 heteroatoms. The van der Waals surface area contributed by atoms with Crippen LogP contribution in [0.15, 0.2) is 166 Å². The number of para-hydroxylation sites is 1. The smallest absolute Gasteiger partial charge is 0.0850 e. The maximum absolute atomic E-state index is 3.62. The summed E-state index contributed by atoms with van der Waals surface area (Å²) in [6.45, 7) is 4.29. The third-order valence-corrected chi connectivity index (χ3v) is 8.19. The van der Waals surface area contributed by atoms with E-state index in [4.69, 9.17) is 0 Å². The van der Waals surface area contributed by atoms with Gasteiger partial charge in [0.2, 0.25) is 0 Å². The molecule has 0 radical (unpaired) electrons. The molecule has 0 saturated heterocycles. The van der Waals surface area contributed by atoms with E-state index in [-0.39, 0.29) is 6.04 Å². The van der Waals surface area contributed by atoms with E-state index in [0.717, 1.165) is 23.3 Å². The van der Waals surface area contributed by atoms with Crippen molar-refractivity contribution < 1.29 is 0 Å². The van der Waals surface area contributed by atoms with E-state index in [1.165, 1.54) is 53.6 Å². The molecule has 202 valence electrons. The van der Waals surface area contributed by atoms with Crippen LogP contribution in [0.25, 0.3) is 5.57 Å². The van der Waals surface area contributed by atoms with Crippen molar-refractivity contribution in [3.8, 4) is 0 Å². The maximum atomic E-state index is 3.62. The predicted octanol–water partition coefficient (Wildman–Crippen LogP) is 10.2. The Morgan fingerprint density at radius 2 is 1.78 bits per heavy atom. The van der Waals surface area contributed by atoms with Gasteiger partial charge in [-0.05, 0) is 128 Å². The van der Waals surface area contributed by atoms with Gasteiger partial charge in [-0.25, -0.2) is 0 Å². The van der Waals surface area contributed by atoms with Crippen LogP contribution in [0.5, 0.6) is 0 Å². The van der Waals surface area contributed by atoms with Gasteiger partial charge in [-0.1, -0.05) is 89.7 Å². The number of benzene rings is 2. The van der Waals surface area contributed by atoms with Gasteiger partial charge in [0, 0.05) is 5.69 Å². The molecule has 1 unspecified atom stereocenters. The Labute approximate surface area is 245 Å². The summed E-state index contributed by atoms with van der Waals surface area (Å²) in [5, 5.41) is 0. The fourth-order valence-electron chi connectivity index (χ4n) is 6.12. The Bertz CT molecular complexity index is 1680. The van der Waals surface area contributed by atoms with Gasteiger partial charge in [0.25, 0.3) is 0 Å². The highest BCUT2D eigenvalue weighted by Crippen LogP contribution is 2.37. The van der Waals surface area contributed by atoms with E-state index in [9.17, 15) is 0 Å². The quantitative estimate of drug-likeness (QED) is 0.335. The first-order valence-corrected chi connectivity index (χ1v) is 14.8. The van der Waals surface area contributed by atoms with Gasteiger partial charge >= 0.3 is 0 Å². The molecule has 4 aliphatic rings. The normalized spacial score (nSPS) is 20.0. The lowest BCUT2D eigenvalue weighted by atomic mass is 9.83. The van der Waals surface area contributed by atoms with Gasteiger partial charge < -0.3 is 4.90 Å². The van der Waals surface area contributed by atoms with Gasteiger partial charge in [-0.15, -0.1) is 5.73 Å². The second-order valence-electron chi connectivity index (χ2n) is 11.3. The molecule has 1 atom stereocenters. The maximum Gasteiger partial charge on any atom is 0.0850 e. The highest BCUT2D eigenvalue weighted by atomic mass is 15.2. The van der Waals surface area contributed by atoms with Gasteiger partial charge in [-0.3, -0.25) is 0 Å². The summed E-state index contributed by atoms with van der Waals surface area (Å²) < 4.78 is 0. The van der Waals surface area contributed by atoms with Crippen LogP contribution in [0.2, 0.25) is 0 Å². The van der Waals surface area contributed by atoms with Crippen LogP contribution in [0.3, 0.4) is 0 Å². The molecule has 2 aromatic carbocycles. The first-order valence-electron chi connectivity index (χ1n) is 14.8. The van der Waals surface area contributed by atoms with Crippen LogP contribution in [0.4, 0.5) is 5.69 Å². The van der Waals surface area contributed by atoms with E-state index >= 15 is 0 Å². The number of hydrogen-bond acceptors (Lipinski definition) is 1. The Kier molecular flexibility index (Phi) is 8.01. The monoisotopic (exact) mass is 531 g/mol. The van der Waals surface area contributed by atoms with Gasteiger partial charge in [0.1, 0.15) is 0 Å². The zero-order valence-electron chi connectivity index (χ0n) is 24.1. The number of nitrogens with zero attached hydrogens (tertiary/aromatic N) is 1. The minimum atomic E-state index is 0.276. The second-order valence-corrected chi connectivity index (χ2v) is 11.3. The predicted molar refractivity (Wildman–Crippen MR) is 174 cm³/mol. The van der Waals surface area contributed by atoms with Crippen molar-refractivity contribution in [2.45, 2.75) is 52.0 Å². The van der Waals surface area contributed by atoms with Crippen molar-refractivity contribution in [2.24, 2.45) is 0 Å². The summed E-state index contributed by atoms with van der Waals surface area (Å²) in [5.74, 6) is 0. The molecule has 0 spiro atoms. The fourth-order valence-corrected chi connectivity index (χ4v) is 6.12. The second kappa shape index (κ2) is 12.3. The van der Waals surface area contributed by atoms with E-state index < -0.39 is 0 Å². The largest absolute Gasteiger partial charge is 0.328 e. The number of anilines is 1. The molecule has 0 heterocycles. The average molecular weight is 532 g/mol. The van der Waals surface area contributed by atoms with Crippen molar-refractivity contribution in [1.29, 1.82) is 0 Å². The minimum absolute atomic E-state index is 0.276. The highest BCUT2D eigenvalue weighted by Gasteiger charge is 2.25. The zero-order valence-corrected chi connectivity index (χ0v) is 24.1. The lowest BCUT2D eigenvalue weighted by Gasteiger charge is -2.36.